The van der Waals surface area contributed by atoms with Crippen LogP contribution in [0.25, 0.3) is 0 Å². The molecule has 1 saturated heterocycles. The van der Waals surface area contributed by atoms with Crippen LogP contribution in [-0.2, 0) is 14.3 Å². The van der Waals surface area contributed by atoms with E-state index in [1.54, 1.807) is 6.08 Å². The van der Waals surface area contributed by atoms with Crippen LogP contribution in [0.3, 0.4) is 0 Å². The fraction of sp³-hybridized carbons (Fsp3) is 0.583. The lowest BCUT2D eigenvalue weighted by atomic mass is 9.81. The Kier molecular flexibility index (Phi) is 3.33. The highest BCUT2D eigenvalue weighted by Crippen LogP contribution is 2.33. The van der Waals surface area contributed by atoms with Crippen LogP contribution in [0.5, 0.6) is 0 Å². The van der Waals surface area contributed by atoms with Gasteiger partial charge in [0.2, 0.25) is 5.79 Å². The number of carboxylic acid groups (broad SMARTS) is 1. The summed E-state index contributed by atoms with van der Waals surface area (Å²) in [5.74, 6) is -1.63. The molecule has 2 N–H and O–H groups in total. The van der Waals surface area contributed by atoms with Crippen LogP contribution in [-0.4, -0.2) is 43.7 Å². The van der Waals surface area contributed by atoms with Gasteiger partial charge in [-0.3, -0.25) is 4.79 Å². The van der Waals surface area contributed by atoms with Crippen LogP contribution < -0.4 is 5.32 Å². The lowest BCUT2D eigenvalue weighted by molar-refractivity contribution is -0.140. The second kappa shape index (κ2) is 4.60. The first-order valence-electron chi connectivity index (χ1n) is 5.60. The summed E-state index contributed by atoms with van der Waals surface area (Å²) in [6.07, 6.45) is 6.47. The van der Waals surface area contributed by atoms with E-state index in [1.807, 2.05) is 12.2 Å². The Bertz CT molecular complexity index is 371. The van der Waals surface area contributed by atoms with Crippen molar-refractivity contribution in [1.29, 1.82) is 0 Å². The number of rotatable bonds is 3. The van der Waals surface area contributed by atoms with E-state index in [1.165, 1.54) is 14.2 Å². The predicted molar refractivity (Wildman–Crippen MR) is 61.5 cm³/mol. The van der Waals surface area contributed by atoms with Crippen LogP contribution >= 0.6 is 0 Å². The molecule has 2 unspecified atom stereocenters. The topological polar surface area (TPSA) is 67.8 Å². The third kappa shape index (κ3) is 2.13. The standard InChI is InChI=1S/C12H17NO4/c1-16-12(17-2)5-3-8-4-6-13-10(11(14)15)9(8)7-12/h3,5,7-8,10,13H,4,6H2,1-2H3,(H,14,15). The van der Waals surface area contributed by atoms with Crippen molar-refractivity contribution < 1.29 is 19.4 Å². The normalized spacial score (nSPS) is 30.6. The number of nitrogens with one attached hydrogen (secondary N) is 1. The van der Waals surface area contributed by atoms with Crippen LogP contribution in [0.4, 0.5) is 0 Å². The zero-order chi connectivity index (χ0) is 12.5. The van der Waals surface area contributed by atoms with Gasteiger partial charge in [0.15, 0.2) is 0 Å². The van der Waals surface area contributed by atoms with Crippen molar-refractivity contribution in [2.75, 3.05) is 20.8 Å². The molecular weight excluding hydrogens is 222 g/mol. The number of carbonyl (C=O) groups is 1. The first-order chi connectivity index (χ1) is 8.12. The van der Waals surface area contributed by atoms with Gasteiger partial charge in [-0.15, -0.1) is 0 Å². The van der Waals surface area contributed by atoms with Crippen molar-refractivity contribution in [3.63, 3.8) is 0 Å². The SMILES string of the molecule is COC1(OC)C=CC2CCNC(C(=O)O)C2=C1. The molecule has 1 aliphatic heterocycles. The highest BCUT2D eigenvalue weighted by molar-refractivity contribution is 5.78. The predicted octanol–water partition coefficient (Wildman–Crippen LogP) is 0.534. The average Bonchev–Trinajstić information content (AvgIpc) is 2.37. The summed E-state index contributed by atoms with van der Waals surface area (Å²) in [5.41, 5.74) is 0.815. The van der Waals surface area contributed by atoms with Crippen LogP contribution in [0.1, 0.15) is 6.42 Å². The second-order valence-electron chi connectivity index (χ2n) is 4.25. The molecule has 0 spiro atoms. The Morgan fingerprint density at radius 3 is 2.82 bits per heavy atom. The quantitative estimate of drug-likeness (QED) is 0.555. The smallest absolute Gasteiger partial charge is 0.325 e. The molecule has 1 aliphatic carbocycles. The number of piperidine rings is 1. The number of hydrogen-bond donors (Lipinski definition) is 2. The van der Waals surface area contributed by atoms with Gasteiger partial charge in [0.05, 0.1) is 0 Å². The molecule has 5 nitrogen and oxygen atoms in total. The highest BCUT2D eigenvalue weighted by atomic mass is 16.7. The molecule has 17 heavy (non-hydrogen) atoms. The molecule has 1 heterocycles. The van der Waals surface area contributed by atoms with Gasteiger partial charge in [0.25, 0.3) is 0 Å². The van der Waals surface area contributed by atoms with E-state index in [4.69, 9.17) is 9.47 Å². The van der Waals surface area contributed by atoms with Crippen LogP contribution in [0.2, 0.25) is 0 Å². The van der Waals surface area contributed by atoms with Gasteiger partial charge in [-0.2, -0.15) is 0 Å². The third-order valence-corrected chi connectivity index (χ3v) is 3.38. The zero-order valence-electron chi connectivity index (χ0n) is 9.97. The molecule has 0 aromatic heterocycles. The molecule has 0 aromatic rings. The van der Waals surface area contributed by atoms with E-state index in [-0.39, 0.29) is 5.92 Å². The van der Waals surface area contributed by atoms with Crippen molar-refractivity contribution in [1.82, 2.24) is 5.32 Å². The Hall–Kier alpha value is -1.17. The maximum absolute atomic E-state index is 11.2. The second-order valence-corrected chi connectivity index (χ2v) is 4.25. The van der Waals surface area contributed by atoms with E-state index in [9.17, 15) is 9.90 Å². The van der Waals surface area contributed by atoms with Gasteiger partial charge < -0.3 is 19.9 Å². The molecule has 94 valence electrons. The van der Waals surface area contributed by atoms with Gasteiger partial charge in [-0.05, 0) is 30.7 Å². The molecule has 0 radical (unpaired) electrons. The molecule has 2 aliphatic rings. The zero-order valence-corrected chi connectivity index (χ0v) is 9.97. The van der Waals surface area contributed by atoms with Crippen LogP contribution in [0, 0.1) is 5.92 Å². The summed E-state index contributed by atoms with van der Waals surface area (Å²) in [7, 11) is 3.08. The fourth-order valence-electron chi connectivity index (χ4n) is 2.38. The van der Waals surface area contributed by atoms with Gasteiger partial charge in [-0.25, -0.2) is 0 Å². The molecule has 0 saturated carbocycles. The minimum atomic E-state index is -0.932. The Morgan fingerprint density at radius 1 is 1.53 bits per heavy atom. The van der Waals surface area contributed by atoms with Crippen LogP contribution in [0.15, 0.2) is 23.8 Å². The Balaban J connectivity index is 2.34. The first kappa shape index (κ1) is 12.3. The number of aliphatic carboxylic acids is 1. The molecule has 0 amide bonds. The minimum Gasteiger partial charge on any atom is -0.480 e. The number of allylic oxidation sites excluding steroid dienone is 1. The van der Waals surface area contributed by atoms with E-state index >= 15 is 0 Å². The van der Waals surface area contributed by atoms with Crippen molar-refractivity contribution in [2.24, 2.45) is 5.92 Å². The number of carboxylic acids is 1. The number of hydrogen-bond acceptors (Lipinski definition) is 4. The molecule has 1 fully saturated rings. The molecule has 2 atom stereocenters. The van der Waals surface area contributed by atoms with E-state index < -0.39 is 17.8 Å². The molecule has 5 heteroatoms. The van der Waals surface area contributed by atoms with Gasteiger partial charge in [0.1, 0.15) is 6.04 Å². The molecule has 2 rings (SSSR count). The fourth-order valence-corrected chi connectivity index (χ4v) is 2.38. The van der Waals surface area contributed by atoms with E-state index in [2.05, 4.69) is 5.32 Å². The van der Waals surface area contributed by atoms with Crippen molar-refractivity contribution in [3.8, 4) is 0 Å². The van der Waals surface area contributed by atoms with Crippen molar-refractivity contribution in [3.05, 3.63) is 23.8 Å². The van der Waals surface area contributed by atoms with Gasteiger partial charge in [-0.1, -0.05) is 6.08 Å². The largest absolute Gasteiger partial charge is 0.480 e. The summed E-state index contributed by atoms with van der Waals surface area (Å²) in [5, 5.41) is 12.2. The van der Waals surface area contributed by atoms with Gasteiger partial charge in [0, 0.05) is 20.1 Å². The summed E-state index contributed by atoms with van der Waals surface area (Å²) < 4.78 is 10.6. The summed E-state index contributed by atoms with van der Waals surface area (Å²) in [4.78, 5) is 11.2. The summed E-state index contributed by atoms with van der Waals surface area (Å²) in [6.45, 7) is 0.705. The minimum absolute atomic E-state index is 0.163. The number of methoxy groups -OCH3 is 2. The molecule has 0 aromatic carbocycles. The maximum Gasteiger partial charge on any atom is 0.325 e. The Labute approximate surface area is 100 Å². The summed E-state index contributed by atoms with van der Waals surface area (Å²) in [6, 6.07) is -0.650. The number of fused-ring (bicyclic) bond motifs is 1. The van der Waals surface area contributed by atoms with Crippen molar-refractivity contribution >= 4 is 5.97 Å². The lowest BCUT2D eigenvalue weighted by Gasteiger charge is -2.36. The van der Waals surface area contributed by atoms with E-state index in [0.717, 1.165) is 12.0 Å². The van der Waals surface area contributed by atoms with Crippen molar-refractivity contribution in [2.45, 2.75) is 18.2 Å². The maximum atomic E-state index is 11.2. The average molecular weight is 239 g/mol. The number of ether oxygens (including phenoxy) is 2. The monoisotopic (exact) mass is 239 g/mol. The van der Waals surface area contributed by atoms with Gasteiger partial charge >= 0.3 is 5.97 Å². The third-order valence-electron chi connectivity index (χ3n) is 3.38. The summed E-state index contributed by atoms with van der Waals surface area (Å²) >= 11 is 0. The lowest BCUT2D eigenvalue weighted by Crippen LogP contribution is -2.48. The van der Waals surface area contributed by atoms with E-state index in [0.29, 0.717) is 6.54 Å². The Morgan fingerprint density at radius 2 is 2.24 bits per heavy atom. The highest BCUT2D eigenvalue weighted by Gasteiger charge is 2.37. The molecule has 0 bridgehead atoms. The first-order valence-corrected chi connectivity index (χ1v) is 5.60. The molecular formula is C12H17NO4.